The van der Waals surface area contributed by atoms with Gasteiger partial charge >= 0.3 is 6.18 Å². The molecule has 1 aliphatic heterocycles. The zero-order valence-corrected chi connectivity index (χ0v) is 22.7. The van der Waals surface area contributed by atoms with Crippen LogP contribution in [-0.2, 0) is 12.8 Å². The van der Waals surface area contributed by atoms with Gasteiger partial charge in [-0.25, -0.2) is 4.39 Å². The first-order valence-corrected chi connectivity index (χ1v) is 13.4. The van der Waals surface area contributed by atoms with Gasteiger partial charge in [0.2, 0.25) is 5.76 Å². The first-order chi connectivity index (χ1) is 20.7. The van der Waals surface area contributed by atoms with E-state index in [-0.39, 0.29) is 41.2 Å². The van der Waals surface area contributed by atoms with Gasteiger partial charge in [0.1, 0.15) is 18.0 Å². The maximum absolute atomic E-state index is 14.1. The quantitative estimate of drug-likeness (QED) is 0.182. The van der Waals surface area contributed by atoms with E-state index in [4.69, 9.17) is 13.9 Å². The molecule has 218 valence electrons. The molecule has 1 unspecified atom stereocenters. The fourth-order valence-electron chi connectivity index (χ4n) is 5.18. The van der Waals surface area contributed by atoms with E-state index in [2.05, 4.69) is 0 Å². The highest BCUT2D eigenvalue weighted by Crippen LogP contribution is 2.44. The number of benzene rings is 4. The van der Waals surface area contributed by atoms with E-state index in [0.29, 0.717) is 17.1 Å². The van der Waals surface area contributed by atoms with E-state index in [1.54, 1.807) is 25.1 Å². The van der Waals surface area contributed by atoms with Crippen molar-refractivity contribution in [1.82, 2.24) is 0 Å². The second-order valence-electron chi connectivity index (χ2n) is 9.85. The highest BCUT2D eigenvalue weighted by molar-refractivity contribution is 6.10. The number of amides is 1. The van der Waals surface area contributed by atoms with Crippen LogP contribution in [0.2, 0.25) is 0 Å². The van der Waals surface area contributed by atoms with E-state index < -0.39 is 34.9 Å². The van der Waals surface area contributed by atoms with Gasteiger partial charge < -0.3 is 13.9 Å². The molecule has 5 aromatic rings. The Morgan fingerprint density at radius 3 is 2.40 bits per heavy atom. The Labute approximate surface area is 242 Å². The predicted octanol–water partition coefficient (Wildman–Crippen LogP) is 7.68. The number of ether oxygens (including phenoxy) is 2. The molecule has 6 nitrogen and oxygen atoms in total. The third-order valence-electron chi connectivity index (χ3n) is 7.10. The lowest BCUT2D eigenvalue weighted by atomic mass is 9.97. The predicted molar refractivity (Wildman–Crippen MR) is 151 cm³/mol. The molecule has 0 saturated heterocycles. The lowest BCUT2D eigenvalue weighted by Crippen LogP contribution is -2.29. The van der Waals surface area contributed by atoms with Gasteiger partial charge in [0.15, 0.2) is 16.9 Å². The second-order valence-corrected chi connectivity index (χ2v) is 9.85. The van der Waals surface area contributed by atoms with E-state index in [1.165, 1.54) is 18.2 Å². The SMILES string of the molecule is CCOc1cc(C2c3c(oc4ccc(F)cc4c3=O)C(=O)N2c2cccc(C(F)(F)F)c2)ccc1OCc1ccccc1. The van der Waals surface area contributed by atoms with E-state index in [0.717, 1.165) is 34.7 Å². The van der Waals surface area contributed by atoms with Crippen molar-refractivity contribution in [3.05, 3.63) is 135 Å². The Morgan fingerprint density at radius 2 is 1.65 bits per heavy atom. The summed E-state index contributed by atoms with van der Waals surface area (Å²) in [5.74, 6) is -1.15. The molecule has 0 aliphatic carbocycles. The van der Waals surface area contributed by atoms with E-state index in [1.807, 2.05) is 30.3 Å². The normalized spacial score (nSPS) is 14.7. The van der Waals surface area contributed by atoms with Crippen LogP contribution < -0.4 is 19.8 Å². The van der Waals surface area contributed by atoms with Gasteiger partial charge in [0.25, 0.3) is 5.91 Å². The molecule has 1 atom stereocenters. The molecule has 1 aliphatic rings. The Bertz CT molecular complexity index is 1900. The topological polar surface area (TPSA) is 69.0 Å². The number of rotatable bonds is 7. The number of fused-ring (bicyclic) bond motifs is 2. The molecule has 0 N–H and O–H groups in total. The Morgan fingerprint density at radius 1 is 0.860 bits per heavy atom. The first-order valence-electron chi connectivity index (χ1n) is 13.4. The van der Waals surface area contributed by atoms with Gasteiger partial charge in [-0.2, -0.15) is 13.2 Å². The van der Waals surface area contributed by atoms with Crippen molar-refractivity contribution >= 4 is 22.6 Å². The summed E-state index contributed by atoms with van der Waals surface area (Å²) in [7, 11) is 0. The number of halogens is 4. The van der Waals surface area contributed by atoms with E-state index >= 15 is 0 Å². The maximum atomic E-state index is 14.1. The van der Waals surface area contributed by atoms with Crippen LogP contribution in [0.25, 0.3) is 11.0 Å². The molecule has 2 heterocycles. The summed E-state index contributed by atoms with van der Waals surface area (Å²) in [5.41, 5.74) is -0.638. The van der Waals surface area contributed by atoms with Crippen LogP contribution in [0, 0.1) is 5.82 Å². The number of anilines is 1. The van der Waals surface area contributed by atoms with Crippen molar-refractivity contribution in [3.63, 3.8) is 0 Å². The molecule has 0 radical (unpaired) electrons. The van der Waals surface area contributed by atoms with E-state index in [9.17, 15) is 27.2 Å². The molecule has 10 heteroatoms. The molecule has 6 rings (SSSR count). The van der Waals surface area contributed by atoms with Gasteiger partial charge in [-0.15, -0.1) is 0 Å². The second kappa shape index (κ2) is 10.9. The fraction of sp³-hybridized carbons (Fsp3) is 0.152. The summed E-state index contributed by atoms with van der Waals surface area (Å²) in [6.45, 7) is 2.27. The van der Waals surface area contributed by atoms with Crippen molar-refractivity contribution in [2.45, 2.75) is 25.7 Å². The first kappa shape index (κ1) is 28.0. The van der Waals surface area contributed by atoms with Gasteiger partial charge in [-0.1, -0.05) is 42.5 Å². The Balaban J connectivity index is 1.52. The molecule has 4 aromatic carbocycles. The maximum Gasteiger partial charge on any atom is 0.416 e. The standard InChI is InChI=1S/C33H23F4NO5/c1-2-41-27-15-20(11-13-26(27)42-18-19-7-4-3-5-8-19)29-28-30(39)24-17-22(34)12-14-25(24)43-31(28)32(40)38(29)23-10-6-9-21(16-23)33(35,36)37/h3-17,29H,2,18H2,1H3. The number of hydrogen-bond donors (Lipinski definition) is 0. The van der Waals surface area contributed by atoms with Crippen molar-refractivity contribution in [2.24, 2.45) is 0 Å². The minimum atomic E-state index is -4.68. The van der Waals surface area contributed by atoms with Crippen LogP contribution in [0.3, 0.4) is 0 Å². The van der Waals surface area contributed by atoms with Crippen molar-refractivity contribution in [1.29, 1.82) is 0 Å². The van der Waals surface area contributed by atoms with Gasteiger partial charge in [-0.05, 0) is 66.6 Å². The summed E-state index contributed by atoms with van der Waals surface area (Å²) in [6, 6.07) is 20.6. The smallest absolute Gasteiger partial charge is 0.416 e. The average molecular weight is 590 g/mol. The monoisotopic (exact) mass is 589 g/mol. The molecule has 1 aromatic heterocycles. The zero-order chi connectivity index (χ0) is 30.3. The molecule has 0 bridgehead atoms. The molecule has 1 amide bonds. The Kier molecular flexibility index (Phi) is 7.13. The van der Waals surface area contributed by atoms with Gasteiger partial charge in [0.05, 0.1) is 29.2 Å². The zero-order valence-electron chi connectivity index (χ0n) is 22.7. The summed E-state index contributed by atoms with van der Waals surface area (Å²) in [4.78, 5) is 28.7. The lowest BCUT2D eigenvalue weighted by molar-refractivity contribution is -0.137. The largest absolute Gasteiger partial charge is 0.490 e. The molecule has 43 heavy (non-hydrogen) atoms. The van der Waals surface area contributed by atoms with Crippen LogP contribution >= 0.6 is 0 Å². The highest BCUT2D eigenvalue weighted by Gasteiger charge is 2.44. The molecule has 0 spiro atoms. The molecule has 0 saturated carbocycles. The highest BCUT2D eigenvalue weighted by atomic mass is 19.4. The third-order valence-corrected chi connectivity index (χ3v) is 7.10. The summed E-state index contributed by atoms with van der Waals surface area (Å²) >= 11 is 0. The number of alkyl halides is 3. The molecule has 0 fully saturated rings. The number of carbonyl (C=O) groups is 1. The summed E-state index contributed by atoms with van der Waals surface area (Å²) in [6.07, 6.45) is -4.68. The number of nitrogens with zero attached hydrogens (tertiary/aromatic N) is 1. The van der Waals surface area contributed by atoms with Crippen molar-refractivity contribution in [3.8, 4) is 11.5 Å². The molecular weight excluding hydrogens is 566 g/mol. The fourth-order valence-corrected chi connectivity index (χ4v) is 5.18. The van der Waals surface area contributed by atoms with Crippen molar-refractivity contribution < 1.29 is 36.2 Å². The molecular formula is C33H23F4NO5. The van der Waals surface area contributed by atoms with Crippen LogP contribution in [0.4, 0.5) is 23.2 Å². The summed E-state index contributed by atoms with van der Waals surface area (Å²) < 4.78 is 72.8. The minimum absolute atomic E-state index is 0.0252. The Hall–Kier alpha value is -5.12. The van der Waals surface area contributed by atoms with Crippen LogP contribution in [0.15, 0.2) is 100 Å². The van der Waals surface area contributed by atoms with Gasteiger partial charge in [0, 0.05) is 5.69 Å². The minimum Gasteiger partial charge on any atom is -0.490 e. The third kappa shape index (κ3) is 5.20. The van der Waals surface area contributed by atoms with Crippen molar-refractivity contribution in [2.75, 3.05) is 11.5 Å². The van der Waals surface area contributed by atoms with Crippen LogP contribution in [0.5, 0.6) is 11.5 Å². The average Bonchev–Trinajstić information content (AvgIpc) is 3.29. The lowest BCUT2D eigenvalue weighted by Gasteiger charge is -2.26. The number of carbonyl (C=O) groups excluding carboxylic acids is 1. The number of hydrogen-bond acceptors (Lipinski definition) is 5. The van der Waals surface area contributed by atoms with Gasteiger partial charge in [-0.3, -0.25) is 14.5 Å². The summed E-state index contributed by atoms with van der Waals surface area (Å²) in [5, 5.41) is -0.102. The van der Waals surface area contributed by atoms with Crippen LogP contribution in [0.1, 0.15) is 45.8 Å². The van der Waals surface area contributed by atoms with Crippen LogP contribution in [-0.4, -0.2) is 12.5 Å².